The molecule has 2 aromatic carbocycles. The Bertz CT molecular complexity index is 1080. The number of hydrogen-bond acceptors (Lipinski definition) is 8. The summed E-state index contributed by atoms with van der Waals surface area (Å²) in [5.41, 5.74) is 0.159. The van der Waals surface area contributed by atoms with Crippen LogP contribution in [-0.4, -0.2) is 55.3 Å². The molecule has 31 heavy (non-hydrogen) atoms. The summed E-state index contributed by atoms with van der Waals surface area (Å²) in [4.78, 5) is 24.9. The molecule has 0 aliphatic carbocycles. The van der Waals surface area contributed by atoms with Gasteiger partial charge in [-0.05, 0) is 18.2 Å². The van der Waals surface area contributed by atoms with E-state index in [1.807, 2.05) is 0 Å². The number of carbonyl (C=O) groups excluding carboxylic acids is 2. The number of sulfonamides is 1. The summed E-state index contributed by atoms with van der Waals surface area (Å²) in [5.74, 6) is -0.742. The molecule has 0 radical (unpaired) electrons. The summed E-state index contributed by atoms with van der Waals surface area (Å²) in [6.07, 6.45) is 0. The lowest BCUT2D eigenvalue weighted by molar-refractivity contribution is 0.0601. The van der Waals surface area contributed by atoms with E-state index in [4.69, 9.17) is 18.9 Å². The van der Waals surface area contributed by atoms with Crippen molar-refractivity contribution in [3.05, 3.63) is 41.5 Å². The van der Waals surface area contributed by atoms with Crippen LogP contribution >= 0.6 is 0 Å². The van der Waals surface area contributed by atoms with Crippen LogP contribution in [-0.2, 0) is 14.8 Å². The van der Waals surface area contributed by atoms with Gasteiger partial charge in [0.1, 0.15) is 10.6 Å². The van der Waals surface area contributed by atoms with Crippen molar-refractivity contribution in [1.29, 1.82) is 0 Å². The van der Waals surface area contributed by atoms with Crippen molar-refractivity contribution in [2.75, 3.05) is 40.3 Å². The first-order valence-corrected chi connectivity index (χ1v) is 10.5. The molecule has 0 aliphatic rings. The Kier molecular flexibility index (Phi) is 7.83. The SMILES string of the molecule is CCNS(=O)(=O)c1cc(C(=O)Nc2cc(OC)c(OC)cc2C(=O)OC)ccc1OC. The topological polar surface area (TPSA) is 129 Å². The Hall–Kier alpha value is -3.31. The van der Waals surface area contributed by atoms with Crippen LogP contribution in [0.1, 0.15) is 27.6 Å². The van der Waals surface area contributed by atoms with Crippen molar-refractivity contribution in [3.63, 3.8) is 0 Å². The zero-order chi connectivity index (χ0) is 23.2. The quantitative estimate of drug-likeness (QED) is 0.553. The Morgan fingerprint density at radius 1 is 0.903 bits per heavy atom. The zero-order valence-electron chi connectivity index (χ0n) is 17.8. The predicted molar refractivity (Wildman–Crippen MR) is 113 cm³/mol. The van der Waals surface area contributed by atoms with E-state index in [9.17, 15) is 18.0 Å². The molecular weight excluding hydrogens is 428 g/mol. The molecular formula is C20H24N2O8S. The third-order valence-electron chi connectivity index (χ3n) is 4.23. The van der Waals surface area contributed by atoms with Crippen molar-refractivity contribution < 1.29 is 37.0 Å². The van der Waals surface area contributed by atoms with Gasteiger partial charge in [-0.25, -0.2) is 17.9 Å². The fourth-order valence-corrected chi connectivity index (χ4v) is 3.99. The first-order chi connectivity index (χ1) is 14.7. The van der Waals surface area contributed by atoms with Crippen molar-refractivity contribution in [1.82, 2.24) is 4.72 Å². The van der Waals surface area contributed by atoms with E-state index >= 15 is 0 Å². The number of anilines is 1. The molecule has 2 aromatic rings. The van der Waals surface area contributed by atoms with Crippen LogP contribution in [0.15, 0.2) is 35.2 Å². The average Bonchev–Trinajstić information content (AvgIpc) is 2.77. The van der Waals surface area contributed by atoms with Crippen LogP contribution in [0.5, 0.6) is 17.2 Å². The number of amides is 1. The van der Waals surface area contributed by atoms with Gasteiger partial charge in [0.2, 0.25) is 10.0 Å². The number of nitrogens with one attached hydrogen (secondary N) is 2. The Labute approximate surface area is 180 Å². The van der Waals surface area contributed by atoms with Crippen LogP contribution in [0.25, 0.3) is 0 Å². The maximum Gasteiger partial charge on any atom is 0.340 e. The highest BCUT2D eigenvalue weighted by Gasteiger charge is 2.23. The maximum atomic E-state index is 12.9. The van der Waals surface area contributed by atoms with Crippen molar-refractivity contribution in [2.24, 2.45) is 0 Å². The summed E-state index contributed by atoms with van der Waals surface area (Å²) in [6, 6.07) is 6.73. The summed E-state index contributed by atoms with van der Waals surface area (Å²) < 4.78 is 47.6. The van der Waals surface area contributed by atoms with Crippen LogP contribution in [0.2, 0.25) is 0 Å². The van der Waals surface area contributed by atoms with Gasteiger partial charge in [-0.15, -0.1) is 0 Å². The molecule has 0 fully saturated rings. The Balaban J connectivity index is 2.51. The van der Waals surface area contributed by atoms with E-state index in [0.717, 1.165) is 0 Å². The molecule has 0 aromatic heterocycles. The molecule has 0 saturated carbocycles. The fraction of sp³-hybridized carbons (Fsp3) is 0.300. The number of ether oxygens (including phenoxy) is 4. The normalized spacial score (nSPS) is 10.9. The predicted octanol–water partition coefficient (Wildman–Crippen LogP) is 2.05. The number of methoxy groups -OCH3 is 4. The molecule has 168 valence electrons. The third-order valence-corrected chi connectivity index (χ3v) is 5.79. The lowest BCUT2D eigenvalue weighted by atomic mass is 10.1. The largest absolute Gasteiger partial charge is 0.495 e. The van der Waals surface area contributed by atoms with Crippen molar-refractivity contribution in [3.8, 4) is 17.2 Å². The number of carbonyl (C=O) groups is 2. The first-order valence-electron chi connectivity index (χ1n) is 9.05. The van der Waals surface area contributed by atoms with E-state index in [0.29, 0.717) is 0 Å². The molecule has 10 nitrogen and oxygen atoms in total. The van der Waals surface area contributed by atoms with Gasteiger partial charge in [-0.2, -0.15) is 0 Å². The third kappa shape index (κ3) is 5.25. The molecule has 2 rings (SSSR count). The van der Waals surface area contributed by atoms with Crippen molar-refractivity contribution in [2.45, 2.75) is 11.8 Å². The van der Waals surface area contributed by atoms with Gasteiger partial charge in [0.25, 0.3) is 5.91 Å². The summed E-state index contributed by atoms with van der Waals surface area (Å²) in [6.45, 7) is 1.79. The smallest absolute Gasteiger partial charge is 0.340 e. The van der Waals surface area contributed by atoms with E-state index < -0.39 is 21.9 Å². The second-order valence-corrected chi connectivity index (χ2v) is 7.80. The number of hydrogen-bond donors (Lipinski definition) is 2. The van der Waals surface area contributed by atoms with Gasteiger partial charge in [0.05, 0.1) is 39.7 Å². The molecule has 0 atom stereocenters. The number of rotatable bonds is 9. The Morgan fingerprint density at radius 3 is 2.06 bits per heavy atom. The lowest BCUT2D eigenvalue weighted by Gasteiger charge is -2.15. The number of benzene rings is 2. The van der Waals surface area contributed by atoms with Crippen LogP contribution < -0.4 is 24.2 Å². The van der Waals surface area contributed by atoms with E-state index in [-0.39, 0.29) is 45.5 Å². The highest BCUT2D eigenvalue weighted by Crippen LogP contribution is 2.34. The number of esters is 1. The van der Waals surface area contributed by atoms with Crippen LogP contribution in [0, 0.1) is 0 Å². The van der Waals surface area contributed by atoms with Gasteiger partial charge >= 0.3 is 5.97 Å². The molecule has 0 aliphatic heterocycles. The fourth-order valence-electron chi connectivity index (χ4n) is 2.75. The van der Waals surface area contributed by atoms with E-state index in [1.54, 1.807) is 6.92 Å². The zero-order valence-corrected chi connectivity index (χ0v) is 18.6. The van der Waals surface area contributed by atoms with E-state index in [2.05, 4.69) is 10.0 Å². The molecule has 0 unspecified atom stereocenters. The highest BCUT2D eigenvalue weighted by molar-refractivity contribution is 7.89. The van der Waals surface area contributed by atoms with Gasteiger partial charge < -0.3 is 24.3 Å². The molecule has 11 heteroatoms. The lowest BCUT2D eigenvalue weighted by Crippen LogP contribution is -2.24. The van der Waals surface area contributed by atoms with E-state index in [1.165, 1.54) is 58.8 Å². The van der Waals surface area contributed by atoms with Gasteiger partial charge in [0, 0.05) is 24.2 Å². The molecule has 0 saturated heterocycles. The molecule has 1 amide bonds. The minimum Gasteiger partial charge on any atom is -0.495 e. The molecule has 2 N–H and O–H groups in total. The highest BCUT2D eigenvalue weighted by atomic mass is 32.2. The van der Waals surface area contributed by atoms with Crippen LogP contribution in [0.4, 0.5) is 5.69 Å². The minimum absolute atomic E-state index is 0.0301. The molecule has 0 spiro atoms. The Morgan fingerprint density at radius 2 is 1.52 bits per heavy atom. The summed E-state index contributed by atoms with van der Waals surface area (Å²) >= 11 is 0. The second-order valence-electron chi connectivity index (χ2n) is 6.07. The van der Waals surface area contributed by atoms with Gasteiger partial charge in [0.15, 0.2) is 11.5 Å². The van der Waals surface area contributed by atoms with Crippen LogP contribution in [0.3, 0.4) is 0 Å². The standard InChI is InChI=1S/C20H24N2O8S/c1-6-21-31(25,26)18-9-12(7-8-15(18)27-2)19(23)22-14-11-17(29-4)16(28-3)10-13(14)20(24)30-5/h7-11,21H,6H2,1-5H3,(H,22,23). The molecule has 0 bridgehead atoms. The minimum atomic E-state index is -3.89. The molecule has 0 heterocycles. The average molecular weight is 452 g/mol. The van der Waals surface area contributed by atoms with Crippen molar-refractivity contribution >= 4 is 27.6 Å². The van der Waals surface area contributed by atoms with Gasteiger partial charge in [-0.3, -0.25) is 4.79 Å². The summed E-state index contributed by atoms with van der Waals surface area (Å²) in [5, 5.41) is 2.58. The monoisotopic (exact) mass is 452 g/mol. The summed E-state index contributed by atoms with van der Waals surface area (Å²) in [7, 11) is 1.44. The van der Waals surface area contributed by atoms with Gasteiger partial charge in [-0.1, -0.05) is 6.92 Å². The second kappa shape index (κ2) is 10.1. The first kappa shape index (κ1) is 24.0. The maximum absolute atomic E-state index is 12.9.